The normalized spacial score (nSPS) is 12.2. The number of hydrogen-bond donors (Lipinski definition) is 2. The molecule has 0 aromatic heterocycles. The minimum atomic E-state index is -0.483. The molecule has 18 heavy (non-hydrogen) atoms. The predicted octanol–water partition coefficient (Wildman–Crippen LogP) is 1.28. The summed E-state index contributed by atoms with van der Waals surface area (Å²) in [5.41, 5.74) is 5.89. The Kier molecular flexibility index (Phi) is 5.58. The van der Waals surface area contributed by atoms with Crippen molar-refractivity contribution in [1.29, 1.82) is 0 Å². The third-order valence-electron chi connectivity index (χ3n) is 2.72. The third kappa shape index (κ3) is 4.71. The number of hydrogen-bond acceptors (Lipinski definition) is 3. The Balaban J connectivity index is 2.75. The first kappa shape index (κ1) is 14.4. The molecule has 1 aromatic rings. The highest BCUT2D eigenvalue weighted by molar-refractivity contribution is 5.74. The molecule has 0 saturated heterocycles. The monoisotopic (exact) mass is 254 g/mol. The maximum Gasteiger partial charge on any atom is 0.219 e. The number of carbonyl (C=O) groups excluding carboxylic acids is 1. The molecule has 0 saturated carbocycles. The number of nitrogens with two attached hydrogens (primary N) is 1. The quantitative estimate of drug-likeness (QED) is 0.770. The number of amides is 1. The van der Waals surface area contributed by atoms with Crippen molar-refractivity contribution in [3.05, 3.63) is 30.1 Å². The molecule has 1 amide bonds. The standard InChI is InChI=1S/C13H19FN2O2/c1-2-12(17)9-16(8-7-13(15)18)11-5-3-10(14)4-6-11/h3-6,12,17H,2,7-9H2,1H3,(H2,15,18)/t12-/m1/s1. The number of aliphatic hydroxyl groups excluding tert-OH is 1. The van der Waals surface area contributed by atoms with Gasteiger partial charge >= 0.3 is 0 Å². The molecule has 1 rings (SSSR count). The van der Waals surface area contributed by atoms with Crippen LogP contribution in [-0.2, 0) is 4.79 Å². The maximum absolute atomic E-state index is 12.9. The Bertz CT molecular complexity index is 381. The van der Waals surface area contributed by atoms with Crippen molar-refractivity contribution in [2.45, 2.75) is 25.9 Å². The Hall–Kier alpha value is -1.62. The molecule has 5 heteroatoms. The minimum Gasteiger partial charge on any atom is -0.391 e. The van der Waals surface area contributed by atoms with E-state index in [0.29, 0.717) is 19.5 Å². The smallest absolute Gasteiger partial charge is 0.219 e. The molecule has 1 aromatic carbocycles. The summed E-state index contributed by atoms with van der Waals surface area (Å²) in [6.45, 7) is 2.69. The number of nitrogens with zero attached hydrogens (tertiary/aromatic N) is 1. The van der Waals surface area contributed by atoms with Crippen LogP contribution in [0.15, 0.2) is 24.3 Å². The first-order valence-corrected chi connectivity index (χ1v) is 5.99. The molecule has 3 N–H and O–H groups in total. The number of halogens is 1. The molecule has 100 valence electrons. The number of anilines is 1. The Morgan fingerprint density at radius 3 is 2.56 bits per heavy atom. The number of primary amides is 1. The zero-order valence-electron chi connectivity index (χ0n) is 10.5. The van der Waals surface area contributed by atoms with Gasteiger partial charge in [-0.3, -0.25) is 4.79 Å². The lowest BCUT2D eigenvalue weighted by molar-refractivity contribution is -0.117. The van der Waals surface area contributed by atoms with Gasteiger partial charge in [-0.2, -0.15) is 0 Å². The largest absolute Gasteiger partial charge is 0.391 e. The average molecular weight is 254 g/mol. The van der Waals surface area contributed by atoms with E-state index in [4.69, 9.17) is 5.73 Å². The van der Waals surface area contributed by atoms with Crippen LogP contribution in [0.1, 0.15) is 19.8 Å². The highest BCUT2D eigenvalue weighted by Gasteiger charge is 2.12. The van der Waals surface area contributed by atoms with Crippen LogP contribution >= 0.6 is 0 Å². The summed E-state index contributed by atoms with van der Waals surface area (Å²) in [5, 5.41) is 9.68. The lowest BCUT2D eigenvalue weighted by Crippen LogP contribution is -2.34. The van der Waals surface area contributed by atoms with E-state index in [1.807, 2.05) is 11.8 Å². The van der Waals surface area contributed by atoms with Crippen LogP contribution in [0.2, 0.25) is 0 Å². The van der Waals surface area contributed by atoms with Gasteiger partial charge in [-0.25, -0.2) is 4.39 Å². The molecule has 0 aliphatic rings. The van der Waals surface area contributed by atoms with Crippen molar-refractivity contribution < 1.29 is 14.3 Å². The summed E-state index contributed by atoms with van der Waals surface area (Å²) in [6.07, 6.45) is 0.338. The second kappa shape index (κ2) is 6.96. The zero-order chi connectivity index (χ0) is 13.5. The molecule has 0 aliphatic heterocycles. The van der Waals surface area contributed by atoms with Gasteiger partial charge in [0, 0.05) is 25.2 Å². The Labute approximate surface area is 106 Å². The van der Waals surface area contributed by atoms with Gasteiger partial charge in [0.1, 0.15) is 5.82 Å². The fraction of sp³-hybridized carbons (Fsp3) is 0.462. The van der Waals surface area contributed by atoms with E-state index in [9.17, 15) is 14.3 Å². The molecule has 0 spiro atoms. The van der Waals surface area contributed by atoms with Gasteiger partial charge in [-0.15, -0.1) is 0 Å². The number of aliphatic hydroxyl groups is 1. The summed E-state index contributed by atoms with van der Waals surface area (Å²) in [5.74, 6) is -0.710. The van der Waals surface area contributed by atoms with Crippen molar-refractivity contribution in [2.75, 3.05) is 18.0 Å². The van der Waals surface area contributed by atoms with E-state index >= 15 is 0 Å². The molecule has 0 bridgehead atoms. The van der Waals surface area contributed by atoms with Crippen LogP contribution < -0.4 is 10.6 Å². The Morgan fingerprint density at radius 1 is 1.44 bits per heavy atom. The Morgan fingerprint density at radius 2 is 2.06 bits per heavy atom. The van der Waals surface area contributed by atoms with Crippen molar-refractivity contribution >= 4 is 11.6 Å². The highest BCUT2D eigenvalue weighted by atomic mass is 19.1. The number of carbonyl (C=O) groups is 1. The summed E-state index contributed by atoms with van der Waals surface area (Å²) in [6, 6.07) is 5.95. The molecule has 1 atom stereocenters. The van der Waals surface area contributed by atoms with Crippen molar-refractivity contribution in [3.63, 3.8) is 0 Å². The van der Waals surface area contributed by atoms with Crippen LogP contribution in [0.4, 0.5) is 10.1 Å². The molecule has 0 fully saturated rings. The van der Waals surface area contributed by atoms with Crippen molar-refractivity contribution in [2.24, 2.45) is 5.73 Å². The zero-order valence-corrected chi connectivity index (χ0v) is 10.5. The lowest BCUT2D eigenvalue weighted by Gasteiger charge is -2.26. The second-order valence-electron chi connectivity index (χ2n) is 4.20. The SMILES string of the molecule is CC[C@@H](O)CN(CCC(N)=O)c1ccc(F)cc1. The molecule has 0 heterocycles. The first-order valence-electron chi connectivity index (χ1n) is 5.99. The molecule has 4 nitrogen and oxygen atoms in total. The summed E-state index contributed by atoms with van der Waals surface area (Å²) in [7, 11) is 0. The number of rotatable bonds is 7. The van der Waals surface area contributed by atoms with Crippen LogP contribution in [0.5, 0.6) is 0 Å². The van der Waals surface area contributed by atoms with Crippen LogP contribution in [0.25, 0.3) is 0 Å². The van der Waals surface area contributed by atoms with Gasteiger partial charge in [-0.05, 0) is 30.7 Å². The van der Waals surface area contributed by atoms with Gasteiger partial charge in [0.05, 0.1) is 6.10 Å². The van der Waals surface area contributed by atoms with Crippen molar-refractivity contribution in [1.82, 2.24) is 0 Å². The summed E-state index contributed by atoms with van der Waals surface area (Å²) < 4.78 is 12.9. The molecule has 0 aliphatic carbocycles. The molecule has 0 radical (unpaired) electrons. The van der Waals surface area contributed by atoms with E-state index in [2.05, 4.69) is 0 Å². The second-order valence-corrected chi connectivity index (χ2v) is 4.20. The van der Waals surface area contributed by atoms with E-state index < -0.39 is 12.0 Å². The van der Waals surface area contributed by atoms with Gasteiger partial charge in [-0.1, -0.05) is 6.92 Å². The van der Waals surface area contributed by atoms with E-state index in [0.717, 1.165) is 5.69 Å². The molecule has 0 unspecified atom stereocenters. The third-order valence-corrected chi connectivity index (χ3v) is 2.72. The van der Waals surface area contributed by atoms with Gasteiger partial charge in [0.15, 0.2) is 0 Å². The van der Waals surface area contributed by atoms with Crippen LogP contribution in [-0.4, -0.2) is 30.2 Å². The van der Waals surface area contributed by atoms with Crippen molar-refractivity contribution in [3.8, 4) is 0 Å². The molecular formula is C13H19FN2O2. The van der Waals surface area contributed by atoms with Gasteiger partial charge in [0.25, 0.3) is 0 Å². The summed E-state index contributed by atoms with van der Waals surface area (Å²) in [4.78, 5) is 12.6. The van der Waals surface area contributed by atoms with Gasteiger partial charge in [0.2, 0.25) is 5.91 Å². The van der Waals surface area contributed by atoms with E-state index in [-0.39, 0.29) is 12.2 Å². The average Bonchev–Trinajstić information content (AvgIpc) is 2.35. The molecular weight excluding hydrogens is 235 g/mol. The minimum absolute atomic E-state index is 0.202. The van der Waals surface area contributed by atoms with Gasteiger partial charge < -0.3 is 15.7 Å². The lowest BCUT2D eigenvalue weighted by atomic mass is 10.2. The number of benzene rings is 1. The fourth-order valence-electron chi connectivity index (χ4n) is 1.61. The van der Waals surface area contributed by atoms with E-state index in [1.165, 1.54) is 12.1 Å². The van der Waals surface area contributed by atoms with Crippen LogP contribution in [0, 0.1) is 5.82 Å². The topological polar surface area (TPSA) is 66.6 Å². The van der Waals surface area contributed by atoms with Crippen LogP contribution in [0.3, 0.4) is 0 Å². The van der Waals surface area contributed by atoms with E-state index in [1.54, 1.807) is 12.1 Å². The first-order chi connectivity index (χ1) is 8.52. The highest BCUT2D eigenvalue weighted by Crippen LogP contribution is 2.16. The summed E-state index contributed by atoms with van der Waals surface area (Å²) >= 11 is 0. The predicted molar refractivity (Wildman–Crippen MR) is 68.7 cm³/mol. The maximum atomic E-state index is 12.9. The fourth-order valence-corrected chi connectivity index (χ4v) is 1.61.